The Morgan fingerprint density at radius 2 is 2.07 bits per heavy atom. The number of aromatic hydroxyl groups is 1. The molecule has 2 aromatic rings. The SMILES string of the molecule is CCC(N)CNc1cc(C(=O)N2CCOCC2)nc(-c2cc(C)ccc2O)n1. The minimum Gasteiger partial charge on any atom is -0.507 e. The first kappa shape index (κ1) is 20.0. The van der Waals surface area contributed by atoms with Gasteiger partial charge in [-0.15, -0.1) is 0 Å². The van der Waals surface area contributed by atoms with Crippen molar-refractivity contribution >= 4 is 11.7 Å². The van der Waals surface area contributed by atoms with Gasteiger partial charge < -0.3 is 25.8 Å². The molecule has 0 radical (unpaired) electrons. The van der Waals surface area contributed by atoms with Crippen molar-refractivity contribution in [1.82, 2.24) is 14.9 Å². The van der Waals surface area contributed by atoms with E-state index >= 15 is 0 Å². The molecular formula is C20H27N5O3. The molecular weight excluding hydrogens is 358 g/mol. The van der Waals surface area contributed by atoms with E-state index in [4.69, 9.17) is 10.5 Å². The molecule has 150 valence electrons. The molecule has 1 aliphatic heterocycles. The fourth-order valence-electron chi connectivity index (χ4n) is 2.91. The Hall–Kier alpha value is -2.71. The van der Waals surface area contributed by atoms with Gasteiger partial charge in [0.15, 0.2) is 5.82 Å². The molecule has 1 atom stereocenters. The molecule has 0 aliphatic carbocycles. The number of rotatable bonds is 6. The van der Waals surface area contributed by atoms with Crippen LogP contribution in [0.15, 0.2) is 24.3 Å². The van der Waals surface area contributed by atoms with Crippen LogP contribution in [0, 0.1) is 6.92 Å². The minimum atomic E-state index is -0.179. The summed E-state index contributed by atoms with van der Waals surface area (Å²) in [6.07, 6.45) is 0.823. The highest BCUT2D eigenvalue weighted by Gasteiger charge is 2.22. The second-order valence-electron chi connectivity index (χ2n) is 6.94. The first-order valence-corrected chi connectivity index (χ1v) is 9.53. The molecule has 2 heterocycles. The molecule has 8 nitrogen and oxygen atoms in total. The normalized spacial score (nSPS) is 15.3. The first-order chi connectivity index (χ1) is 13.5. The maximum Gasteiger partial charge on any atom is 0.272 e. The second kappa shape index (κ2) is 8.99. The summed E-state index contributed by atoms with van der Waals surface area (Å²) in [4.78, 5) is 23.6. The van der Waals surface area contributed by atoms with E-state index in [2.05, 4.69) is 15.3 Å². The van der Waals surface area contributed by atoms with Gasteiger partial charge >= 0.3 is 0 Å². The van der Waals surface area contributed by atoms with Crippen LogP contribution in [0.2, 0.25) is 0 Å². The number of carbonyl (C=O) groups excluding carboxylic acids is 1. The molecule has 8 heteroatoms. The Morgan fingerprint density at radius 3 is 2.79 bits per heavy atom. The van der Waals surface area contributed by atoms with Crippen LogP contribution in [0.1, 0.15) is 29.4 Å². The number of nitrogens with zero attached hydrogens (tertiary/aromatic N) is 3. The molecule has 1 unspecified atom stereocenters. The van der Waals surface area contributed by atoms with Crippen LogP contribution in [-0.2, 0) is 4.74 Å². The van der Waals surface area contributed by atoms with Crippen LogP contribution < -0.4 is 11.1 Å². The van der Waals surface area contributed by atoms with Crippen LogP contribution >= 0.6 is 0 Å². The van der Waals surface area contributed by atoms with Gasteiger partial charge in [-0.05, 0) is 25.5 Å². The summed E-state index contributed by atoms with van der Waals surface area (Å²) in [7, 11) is 0. The summed E-state index contributed by atoms with van der Waals surface area (Å²) in [6.45, 7) is 6.53. The van der Waals surface area contributed by atoms with Crippen LogP contribution in [-0.4, -0.2) is 64.8 Å². The highest BCUT2D eigenvalue weighted by atomic mass is 16.5. The van der Waals surface area contributed by atoms with E-state index in [0.717, 1.165) is 12.0 Å². The van der Waals surface area contributed by atoms with Crippen molar-refractivity contribution in [3.8, 4) is 17.1 Å². The lowest BCUT2D eigenvalue weighted by atomic mass is 10.1. The number of anilines is 1. The van der Waals surface area contributed by atoms with Gasteiger partial charge in [-0.2, -0.15) is 0 Å². The molecule has 1 aromatic heterocycles. The van der Waals surface area contributed by atoms with Crippen molar-refractivity contribution in [3.63, 3.8) is 0 Å². The lowest BCUT2D eigenvalue weighted by molar-refractivity contribution is 0.0299. The number of nitrogens with two attached hydrogens (primary N) is 1. The molecule has 1 aromatic carbocycles. The van der Waals surface area contributed by atoms with Crippen molar-refractivity contribution in [2.24, 2.45) is 5.73 Å². The number of amides is 1. The fraction of sp³-hybridized carbons (Fsp3) is 0.450. The van der Waals surface area contributed by atoms with Crippen molar-refractivity contribution in [3.05, 3.63) is 35.5 Å². The second-order valence-corrected chi connectivity index (χ2v) is 6.94. The third-order valence-corrected chi connectivity index (χ3v) is 4.71. The predicted molar refractivity (Wildman–Crippen MR) is 107 cm³/mol. The topological polar surface area (TPSA) is 114 Å². The molecule has 3 rings (SSSR count). The van der Waals surface area contributed by atoms with E-state index in [1.807, 2.05) is 13.8 Å². The standard InChI is InChI=1S/C20H27N5O3/c1-3-14(21)12-22-18-11-16(20(27)25-6-8-28-9-7-25)23-19(24-18)15-10-13(2)4-5-17(15)26/h4-5,10-11,14,26H,3,6-9,12,21H2,1-2H3,(H,22,23,24). The zero-order valence-electron chi connectivity index (χ0n) is 16.3. The molecule has 0 bridgehead atoms. The third-order valence-electron chi connectivity index (χ3n) is 4.71. The lowest BCUT2D eigenvalue weighted by Gasteiger charge is -2.26. The van der Waals surface area contributed by atoms with Crippen LogP contribution in [0.4, 0.5) is 5.82 Å². The summed E-state index contributed by atoms with van der Waals surface area (Å²) < 4.78 is 5.32. The molecule has 1 amide bonds. The monoisotopic (exact) mass is 385 g/mol. The molecule has 1 aliphatic rings. The number of aryl methyl sites for hydroxylation is 1. The van der Waals surface area contributed by atoms with E-state index in [1.54, 1.807) is 29.2 Å². The van der Waals surface area contributed by atoms with Gasteiger partial charge in [0.25, 0.3) is 5.91 Å². The zero-order valence-corrected chi connectivity index (χ0v) is 16.3. The molecule has 1 saturated heterocycles. The number of nitrogens with one attached hydrogen (secondary N) is 1. The summed E-state index contributed by atoms with van der Waals surface area (Å²) in [5.74, 6) is 0.694. The molecule has 0 spiro atoms. The molecule has 0 saturated carbocycles. The highest BCUT2D eigenvalue weighted by molar-refractivity contribution is 5.93. The number of benzene rings is 1. The number of aromatic nitrogens is 2. The first-order valence-electron chi connectivity index (χ1n) is 9.53. The lowest BCUT2D eigenvalue weighted by Crippen LogP contribution is -2.41. The molecule has 1 fully saturated rings. The maximum absolute atomic E-state index is 12.9. The van der Waals surface area contributed by atoms with Crippen molar-refractivity contribution in [1.29, 1.82) is 0 Å². The van der Waals surface area contributed by atoms with Crippen molar-refractivity contribution in [2.75, 3.05) is 38.2 Å². The van der Waals surface area contributed by atoms with Crippen LogP contribution in [0.25, 0.3) is 11.4 Å². The van der Waals surface area contributed by atoms with Gasteiger partial charge in [0.2, 0.25) is 0 Å². The number of carbonyl (C=O) groups is 1. The Bertz CT molecular complexity index is 837. The Labute approximate surface area is 164 Å². The van der Waals surface area contributed by atoms with Gasteiger partial charge in [0.1, 0.15) is 17.3 Å². The number of hydrogen-bond acceptors (Lipinski definition) is 7. The third kappa shape index (κ3) is 4.76. The van der Waals surface area contributed by atoms with E-state index in [9.17, 15) is 9.90 Å². The summed E-state index contributed by atoms with van der Waals surface area (Å²) >= 11 is 0. The Balaban J connectivity index is 1.98. The van der Waals surface area contributed by atoms with Crippen molar-refractivity contribution in [2.45, 2.75) is 26.3 Å². The largest absolute Gasteiger partial charge is 0.507 e. The van der Waals surface area contributed by atoms with E-state index in [0.29, 0.717) is 50.1 Å². The summed E-state index contributed by atoms with van der Waals surface area (Å²) in [5, 5.41) is 13.5. The van der Waals surface area contributed by atoms with E-state index in [-0.39, 0.29) is 23.4 Å². The fourth-order valence-corrected chi connectivity index (χ4v) is 2.91. The number of phenols is 1. The maximum atomic E-state index is 12.9. The average molecular weight is 385 g/mol. The molecule has 28 heavy (non-hydrogen) atoms. The average Bonchev–Trinajstić information content (AvgIpc) is 2.73. The van der Waals surface area contributed by atoms with Gasteiger partial charge in [-0.25, -0.2) is 9.97 Å². The minimum absolute atomic E-state index is 0.0239. The van der Waals surface area contributed by atoms with Gasteiger partial charge in [0.05, 0.1) is 18.8 Å². The quantitative estimate of drug-likeness (QED) is 0.694. The number of hydrogen-bond donors (Lipinski definition) is 3. The number of phenolic OH excluding ortho intramolecular Hbond substituents is 1. The van der Waals surface area contributed by atoms with E-state index < -0.39 is 0 Å². The molecule has 4 N–H and O–H groups in total. The van der Waals surface area contributed by atoms with Gasteiger partial charge in [0, 0.05) is 31.7 Å². The Morgan fingerprint density at radius 1 is 1.32 bits per heavy atom. The number of morpholine rings is 1. The van der Waals surface area contributed by atoms with E-state index in [1.165, 1.54) is 0 Å². The van der Waals surface area contributed by atoms with Gasteiger partial charge in [-0.3, -0.25) is 4.79 Å². The van der Waals surface area contributed by atoms with Crippen molar-refractivity contribution < 1.29 is 14.6 Å². The van der Waals surface area contributed by atoms with Crippen LogP contribution in [0.3, 0.4) is 0 Å². The predicted octanol–water partition coefficient (Wildman–Crippen LogP) is 1.78. The van der Waals surface area contributed by atoms with Gasteiger partial charge in [-0.1, -0.05) is 18.6 Å². The zero-order chi connectivity index (χ0) is 20.1. The number of ether oxygens (including phenoxy) is 1. The summed E-state index contributed by atoms with van der Waals surface area (Å²) in [6, 6.07) is 6.82. The van der Waals surface area contributed by atoms with Crippen LogP contribution in [0.5, 0.6) is 5.75 Å². The smallest absolute Gasteiger partial charge is 0.272 e. The summed E-state index contributed by atoms with van der Waals surface area (Å²) in [5.41, 5.74) is 7.72. The Kier molecular flexibility index (Phi) is 6.43. The highest BCUT2D eigenvalue weighted by Crippen LogP contribution is 2.28.